The third-order valence-electron chi connectivity index (χ3n) is 3.34. The Labute approximate surface area is 128 Å². The zero-order valence-corrected chi connectivity index (χ0v) is 12.7. The van der Waals surface area contributed by atoms with Gasteiger partial charge in [-0.05, 0) is 12.1 Å². The Balaban J connectivity index is 2.35. The van der Waals surface area contributed by atoms with Gasteiger partial charge in [-0.2, -0.15) is 0 Å². The van der Waals surface area contributed by atoms with Crippen LogP contribution in [0.1, 0.15) is 10.4 Å². The van der Waals surface area contributed by atoms with Crippen molar-refractivity contribution in [2.24, 2.45) is 0 Å². The topological polar surface area (TPSA) is 75.9 Å². The first kappa shape index (κ1) is 16.0. The fourth-order valence-electron chi connectivity index (χ4n) is 2.21. The number of nitrogens with zero attached hydrogens (tertiary/aromatic N) is 3. The summed E-state index contributed by atoms with van der Waals surface area (Å²) < 4.78 is 5.29. The van der Waals surface area contributed by atoms with E-state index in [-0.39, 0.29) is 17.0 Å². The lowest BCUT2D eigenvalue weighted by Crippen LogP contribution is -2.36. The highest BCUT2D eigenvalue weighted by atomic mass is 16.6. The minimum absolute atomic E-state index is 0.104. The van der Waals surface area contributed by atoms with Crippen LogP contribution in [0, 0.1) is 10.1 Å². The molecule has 0 spiro atoms. The maximum Gasteiger partial charge on any atom is 0.280 e. The van der Waals surface area contributed by atoms with Crippen molar-refractivity contribution in [3.05, 3.63) is 46.2 Å². The number of ketones is 1. The lowest BCUT2D eigenvalue weighted by atomic mass is 10.1. The highest BCUT2D eigenvalue weighted by Crippen LogP contribution is 2.26. The van der Waals surface area contributed by atoms with Crippen molar-refractivity contribution < 1.29 is 14.5 Å². The molecule has 0 atom stereocenters. The second-order valence-corrected chi connectivity index (χ2v) is 5.20. The molecule has 7 heteroatoms. The molecule has 22 heavy (non-hydrogen) atoms. The monoisotopic (exact) mass is 305 g/mol. The van der Waals surface area contributed by atoms with E-state index in [1.54, 1.807) is 37.3 Å². The normalized spacial score (nSPS) is 15.1. The van der Waals surface area contributed by atoms with Crippen molar-refractivity contribution in [2.45, 2.75) is 0 Å². The van der Waals surface area contributed by atoms with E-state index in [2.05, 4.69) is 4.90 Å². The van der Waals surface area contributed by atoms with Gasteiger partial charge in [-0.25, -0.2) is 0 Å². The average molecular weight is 305 g/mol. The van der Waals surface area contributed by atoms with Crippen molar-refractivity contribution in [3.63, 3.8) is 0 Å². The molecular formula is C15H19N3O4. The van der Waals surface area contributed by atoms with E-state index >= 15 is 0 Å². The number of benzene rings is 1. The average Bonchev–Trinajstić information content (AvgIpc) is 2.52. The van der Waals surface area contributed by atoms with Crippen LogP contribution >= 0.6 is 0 Å². The SMILES string of the molecule is CN(C)C=CC(=O)c1cc(N2CCOCC2)ccc1[N+](=O)[O-]. The number of hydrogen-bond donors (Lipinski definition) is 0. The van der Waals surface area contributed by atoms with Crippen molar-refractivity contribution in [1.29, 1.82) is 0 Å². The summed E-state index contributed by atoms with van der Waals surface area (Å²) in [7, 11) is 3.56. The molecule has 0 N–H and O–H groups in total. The molecule has 2 rings (SSSR count). The lowest BCUT2D eigenvalue weighted by molar-refractivity contribution is -0.385. The minimum atomic E-state index is -0.528. The maximum atomic E-state index is 12.2. The van der Waals surface area contributed by atoms with Crippen LogP contribution in [-0.4, -0.2) is 56.0 Å². The summed E-state index contributed by atoms with van der Waals surface area (Å²) in [6, 6.07) is 4.66. The Kier molecular flexibility index (Phi) is 5.11. The van der Waals surface area contributed by atoms with Gasteiger partial charge in [0.25, 0.3) is 5.69 Å². The molecule has 1 aliphatic heterocycles. The fourth-order valence-corrected chi connectivity index (χ4v) is 2.21. The lowest BCUT2D eigenvalue weighted by Gasteiger charge is -2.29. The Bertz CT molecular complexity index is 592. The largest absolute Gasteiger partial charge is 0.383 e. The van der Waals surface area contributed by atoms with E-state index in [9.17, 15) is 14.9 Å². The summed E-state index contributed by atoms with van der Waals surface area (Å²) >= 11 is 0. The summed E-state index contributed by atoms with van der Waals surface area (Å²) in [4.78, 5) is 26.6. The molecule has 1 aromatic rings. The quantitative estimate of drug-likeness (QED) is 0.357. The molecule has 0 saturated carbocycles. The van der Waals surface area contributed by atoms with Gasteiger partial charge in [0.1, 0.15) is 5.56 Å². The van der Waals surface area contributed by atoms with Crippen molar-refractivity contribution in [2.75, 3.05) is 45.3 Å². The van der Waals surface area contributed by atoms with Gasteiger partial charge in [0.2, 0.25) is 0 Å². The predicted molar refractivity (Wildman–Crippen MR) is 83.3 cm³/mol. The van der Waals surface area contributed by atoms with E-state index in [1.165, 1.54) is 12.1 Å². The first-order valence-corrected chi connectivity index (χ1v) is 6.99. The molecule has 0 radical (unpaired) electrons. The second kappa shape index (κ2) is 7.04. The highest BCUT2D eigenvalue weighted by Gasteiger charge is 2.21. The van der Waals surface area contributed by atoms with E-state index < -0.39 is 4.92 Å². The molecule has 118 valence electrons. The van der Waals surface area contributed by atoms with Crippen molar-refractivity contribution >= 4 is 17.2 Å². The summed E-state index contributed by atoms with van der Waals surface area (Å²) in [6.07, 6.45) is 2.92. The van der Waals surface area contributed by atoms with E-state index in [1.807, 2.05) is 0 Å². The number of ether oxygens (including phenoxy) is 1. The number of carbonyl (C=O) groups excluding carboxylic acids is 1. The van der Waals surface area contributed by atoms with Crippen LogP contribution in [-0.2, 0) is 4.74 Å². The number of allylic oxidation sites excluding steroid dienone is 1. The van der Waals surface area contributed by atoms with Gasteiger partial charge in [0.05, 0.1) is 18.1 Å². The summed E-state index contributed by atoms with van der Waals surface area (Å²) in [5.41, 5.74) is 0.730. The third-order valence-corrected chi connectivity index (χ3v) is 3.34. The standard InChI is InChI=1S/C15H19N3O4/c1-16(2)6-5-15(19)13-11-12(3-4-14(13)18(20)21)17-7-9-22-10-8-17/h3-6,11H,7-10H2,1-2H3. The van der Waals surface area contributed by atoms with Crippen LogP contribution in [0.15, 0.2) is 30.5 Å². The number of nitro groups is 1. The predicted octanol–water partition coefficient (Wildman–Crippen LogP) is 1.69. The van der Waals surface area contributed by atoms with Gasteiger partial charge in [-0.15, -0.1) is 0 Å². The van der Waals surface area contributed by atoms with Gasteiger partial charge >= 0.3 is 0 Å². The first-order chi connectivity index (χ1) is 10.5. The van der Waals surface area contributed by atoms with E-state index in [0.29, 0.717) is 26.3 Å². The van der Waals surface area contributed by atoms with Crippen LogP contribution in [0.3, 0.4) is 0 Å². The number of rotatable bonds is 5. The van der Waals surface area contributed by atoms with Crippen LogP contribution in [0.2, 0.25) is 0 Å². The molecule has 0 amide bonds. The Hall–Kier alpha value is -2.41. The zero-order valence-electron chi connectivity index (χ0n) is 12.7. The molecule has 7 nitrogen and oxygen atoms in total. The minimum Gasteiger partial charge on any atom is -0.383 e. The molecule has 1 aliphatic rings. The second-order valence-electron chi connectivity index (χ2n) is 5.20. The van der Waals surface area contributed by atoms with Gasteiger partial charge in [0.15, 0.2) is 5.78 Å². The van der Waals surface area contributed by atoms with Crippen LogP contribution in [0.4, 0.5) is 11.4 Å². The Morgan fingerprint density at radius 2 is 2.05 bits per heavy atom. The molecular weight excluding hydrogens is 286 g/mol. The van der Waals surface area contributed by atoms with Gasteiger partial charge in [0, 0.05) is 51.2 Å². The number of carbonyl (C=O) groups is 1. The van der Waals surface area contributed by atoms with E-state index in [4.69, 9.17) is 4.74 Å². The number of morpholine rings is 1. The van der Waals surface area contributed by atoms with Crippen LogP contribution in [0.25, 0.3) is 0 Å². The van der Waals surface area contributed by atoms with Gasteiger partial charge in [-0.1, -0.05) is 0 Å². The number of anilines is 1. The molecule has 0 aromatic heterocycles. The molecule has 1 aromatic carbocycles. The smallest absolute Gasteiger partial charge is 0.280 e. The molecule has 0 bridgehead atoms. The molecule has 0 unspecified atom stereocenters. The molecule has 1 saturated heterocycles. The number of nitro benzene ring substituents is 1. The summed E-state index contributed by atoms with van der Waals surface area (Å²) in [5.74, 6) is -0.379. The molecule has 1 heterocycles. The van der Waals surface area contributed by atoms with Gasteiger partial charge in [-0.3, -0.25) is 14.9 Å². The maximum absolute atomic E-state index is 12.2. The summed E-state index contributed by atoms with van der Waals surface area (Å²) in [6.45, 7) is 2.64. The Morgan fingerprint density at radius 1 is 1.36 bits per heavy atom. The highest BCUT2D eigenvalue weighted by molar-refractivity contribution is 6.08. The van der Waals surface area contributed by atoms with Crippen molar-refractivity contribution in [1.82, 2.24) is 4.90 Å². The molecule has 0 aliphatic carbocycles. The van der Waals surface area contributed by atoms with E-state index in [0.717, 1.165) is 5.69 Å². The number of hydrogen-bond acceptors (Lipinski definition) is 6. The zero-order chi connectivity index (χ0) is 16.1. The summed E-state index contributed by atoms with van der Waals surface area (Å²) in [5, 5.41) is 11.1. The fraction of sp³-hybridized carbons (Fsp3) is 0.400. The Morgan fingerprint density at radius 3 is 2.64 bits per heavy atom. The van der Waals surface area contributed by atoms with Crippen LogP contribution < -0.4 is 4.90 Å². The third kappa shape index (κ3) is 3.82. The van der Waals surface area contributed by atoms with Crippen molar-refractivity contribution in [3.8, 4) is 0 Å². The van der Waals surface area contributed by atoms with Crippen LogP contribution in [0.5, 0.6) is 0 Å². The first-order valence-electron chi connectivity index (χ1n) is 6.99. The van der Waals surface area contributed by atoms with Gasteiger partial charge < -0.3 is 14.5 Å². The molecule has 1 fully saturated rings.